The molecule has 1 atom stereocenters. The molecule has 0 aliphatic carbocycles. The summed E-state index contributed by atoms with van der Waals surface area (Å²) < 4.78 is 45.2. The molecule has 1 aromatic heterocycles. The minimum absolute atomic E-state index is 0.0101. The van der Waals surface area contributed by atoms with Crippen molar-refractivity contribution in [1.82, 2.24) is 14.9 Å². The molecule has 4 nitrogen and oxygen atoms in total. The number of benzene rings is 1. The van der Waals surface area contributed by atoms with Crippen molar-refractivity contribution < 1.29 is 17.9 Å². The fourth-order valence-corrected chi connectivity index (χ4v) is 2.90. The summed E-state index contributed by atoms with van der Waals surface area (Å²) >= 11 is 0. The molecule has 22 heavy (non-hydrogen) atoms. The summed E-state index contributed by atoms with van der Waals surface area (Å²) in [6.45, 7) is 6.16. The van der Waals surface area contributed by atoms with Crippen LogP contribution in [0.2, 0.25) is 0 Å². The molecule has 3 rings (SSSR count). The molecule has 0 spiro atoms. The first-order valence-corrected chi connectivity index (χ1v) is 7.23. The van der Waals surface area contributed by atoms with Crippen LogP contribution in [0.3, 0.4) is 0 Å². The van der Waals surface area contributed by atoms with Gasteiger partial charge in [0.15, 0.2) is 0 Å². The topological polar surface area (TPSA) is 41.2 Å². The number of rotatable bonds is 2. The SMILES string of the molecule is Cc1nc2c(C(F)(F)F)cc(CN3CCOC(C)C3)cc2[nH]1. The van der Waals surface area contributed by atoms with E-state index in [4.69, 9.17) is 4.74 Å². The number of hydrogen-bond donors (Lipinski definition) is 1. The van der Waals surface area contributed by atoms with Crippen LogP contribution in [0.25, 0.3) is 11.0 Å². The van der Waals surface area contributed by atoms with E-state index >= 15 is 0 Å². The lowest BCUT2D eigenvalue weighted by atomic mass is 10.1. The zero-order chi connectivity index (χ0) is 15.9. The zero-order valence-electron chi connectivity index (χ0n) is 12.5. The number of morpholine rings is 1. The molecule has 1 aromatic carbocycles. The summed E-state index contributed by atoms with van der Waals surface area (Å²) in [5.41, 5.74) is 0.385. The number of halogens is 3. The first-order valence-electron chi connectivity index (χ1n) is 7.23. The van der Waals surface area contributed by atoms with Crippen molar-refractivity contribution in [3.8, 4) is 0 Å². The molecule has 0 amide bonds. The molecule has 0 bridgehead atoms. The first-order chi connectivity index (χ1) is 10.3. The summed E-state index contributed by atoms with van der Waals surface area (Å²) in [6, 6.07) is 2.97. The van der Waals surface area contributed by atoms with Gasteiger partial charge in [-0.1, -0.05) is 0 Å². The van der Waals surface area contributed by atoms with Crippen LogP contribution in [-0.4, -0.2) is 40.7 Å². The van der Waals surface area contributed by atoms with Gasteiger partial charge in [0.05, 0.1) is 23.8 Å². The largest absolute Gasteiger partial charge is 0.418 e. The number of fused-ring (bicyclic) bond motifs is 1. The molecule has 2 aromatic rings. The van der Waals surface area contributed by atoms with Crippen LogP contribution >= 0.6 is 0 Å². The Hall–Kier alpha value is -1.60. The molecule has 1 N–H and O–H groups in total. The van der Waals surface area contributed by atoms with Crippen molar-refractivity contribution in [1.29, 1.82) is 0 Å². The van der Waals surface area contributed by atoms with Crippen molar-refractivity contribution >= 4 is 11.0 Å². The van der Waals surface area contributed by atoms with E-state index in [1.165, 1.54) is 6.07 Å². The van der Waals surface area contributed by atoms with Crippen molar-refractivity contribution in [2.45, 2.75) is 32.7 Å². The van der Waals surface area contributed by atoms with E-state index in [-0.39, 0.29) is 11.6 Å². The van der Waals surface area contributed by atoms with Crippen molar-refractivity contribution in [3.63, 3.8) is 0 Å². The maximum atomic E-state index is 13.3. The lowest BCUT2D eigenvalue weighted by Crippen LogP contribution is -2.40. The fourth-order valence-electron chi connectivity index (χ4n) is 2.90. The second-order valence-corrected chi connectivity index (χ2v) is 5.78. The van der Waals surface area contributed by atoms with Gasteiger partial charge >= 0.3 is 6.18 Å². The second kappa shape index (κ2) is 5.55. The Labute approximate surface area is 126 Å². The molecule has 7 heteroatoms. The molecule has 120 valence electrons. The minimum atomic E-state index is -4.41. The monoisotopic (exact) mass is 313 g/mol. The molecule has 1 aliphatic rings. The summed E-state index contributed by atoms with van der Waals surface area (Å²) in [4.78, 5) is 8.98. The molecule has 1 unspecified atom stereocenters. The number of hydrogen-bond acceptors (Lipinski definition) is 3. The Bertz CT molecular complexity index is 680. The highest BCUT2D eigenvalue weighted by Gasteiger charge is 2.34. The predicted molar refractivity (Wildman–Crippen MR) is 76.5 cm³/mol. The van der Waals surface area contributed by atoms with Gasteiger partial charge in [0.2, 0.25) is 0 Å². The van der Waals surface area contributed by atoms with Gasteiger partial charge in [-0.05, 0) is 31.5 Å². The van der Waals surface area contributed by atoms with Crippen LogP contribution in [0, 0.1) is 6.92 Å². The van der Waals surface area contributed by atoms with Gasteiger partial charge in [-0.15, -0.1) is 0 Å². The molecule has 1 aliphatic heterocycles. The van der Waals surface area contributed by atoms with E-state index in [0.717, 1.165) is 13.1 Å². The summed E-state index contributed by atoms with van der Waals surface area (Å²) in [6.07, 6.45) is -4.30. The Balaban J connectivity index is 1.96. The third-order valence-corrected chi connectivity index (χ3v) is 3.80. The standard InChI is InChI=1S/C15H18F3N3O/c1-9-7-21(3-4-22-9)8-11-5-12(15(16,17)18)14-13(6-11)19-10(2)20-14/h5-6,9H,3-4,7-8H2,1-2H3,(H,19,20). The highest BCUT2D eigenvalue weighted by molar-refractivity contribution is 5.80. The average Bonchev–Trinajstić information content (AvgIpc) is 2.76. The van der Waals surface area contributed by atoms with Gasteiger partial charge in [0.1, 0.15) is 11.3 Å². The second-order valence-electron chi connectivity index (χ2n) is 5.78. The van der Waals surface area contributed by atoms with Gasteiger partial charge in [0, 0.05) is 19.6 Å². The molecule has 0 radical (unpaired) electrons. The number of nitrogens with one attached hydrogen (secondary N) is 1. The number of imidazole rings is 1. The smallest absolute Gasteiger partial charge is 0.376 e. The Morgan fingerprint density at radius 3 is 2.86 bits per heavy atom. The van der Waals surface area contributed by atoms with E-state index in [9.17, 15) is 13.2 Å². The number of alkyl halides is 3. The third kappa shape index (κ3) is 3.10. The summed E-state index contributed by atoms with van der Waals surface area (Å²) in [5.74, 6) is 0.484. The normalized spacial score (nSPS) is 20.7. The number of ether oxygens (including phenoxy) is 1. The highest BCUT2D eigenvalue weighted by Crippen LogP contribution is 2.35. The quantitative estimate of drug-likeness (QED) is 0.926. The van der Waals surface area contributed by atoms with Crippen LogP contribution in [0.15, 0.2) is 12.1 Å². The number of nitrogens with zero attached hydrogens (tertiary/aromatic N) is 2. The number of aromatic nitrogens is 2. The van der Waals surface area contributed by atoms with Gasteiger partial charge in [-0.3, -0.25) is 4.90 Å². The highest BCUT2D eigenvalue weighted by atomic mass is 19.4. The lowest BCUT2D eigenvalue weighted by Gasteiger charge is -2.31. The van der Waals surface area contributed by atoms with E-state index in [0.29, 0.717) is 30.1 Å². The molecular weight excluding hydrogens is 295 g/mol. The predicted octanol–water partition coefficient (Wildman–Crippen LogP) is 3.11. The van der Waals surface area contributed by atoms with Crippen LogP contribution in [-0.2, 0) is 17.5 Å². The van der Waals surface area contributed by atoms with Crippen LogP contribution < -0.4 is 0 Å². The van der Waals surface area contributed by atoms with Crippen molar-refractivity contribution in [2.75, 3.05) is 19.7 Å². The average molecular weight is 313 g/mol. The van der Waals surface area contributed by atoms with Gasteiger partial charge in [-0.25, -0.2) is 4.98 Å². The van der Waals surface area contributed by atoms with Gasteiger partial charge < -0.3 is 9.72 Å². The van der Waals surface area contributed by atoms with Gasteiger partial charge in [-0.2, -0.15) is 13.2 Å². The van der Waals surface area contributed by atoms with E-state index in [1.807, 2.05) is 6.92 Å². The van der Waals surface area contributed by atoms with Gasteiger partial charge in [0.25, 0.3) is 0 Å². The lowest BCUT2D eigenvalue weighted by molar-refractivity contribution is -0.136. The number of aromatic amines is 1. The minimum Gasteiger partial charge on any atom is -0.376 e. The van der Waals surface area contributed by atoms with E-state index in [1.54, 1.807) is 13.0 Å². The maximum Gasteiger partial charge on any atom is 0.418 e. The molecule has 1 fully saturated rings. The Kier molecular flexibility index (Phi) is 3.86. The first kappa shape index (κ1) is 15.3. The molecular formula is C15H18F3N3O. The summed E-state index contributed by atoms with van der Waals surface area (Å²) in [5, 5.41) is 0. The Morgan fingerprint density at radius 2 is 2.18 bits per heavy atom. The molecule has 2 heterocycles. The van der Waals surface area contributed by atoms with Crippen molar-refractivity contribution in [3.05, 3.63) is 29.1 Å². The van der Waals surface area contributed by atoms with E-state index in [2.05, 4.69) is 14.9 Å². The number of H-pyrrole nitrogens is 1. The van der Waals surface area contributed by atoms with Crippen LogP contribution in [0.1, 0.15) is 23.9 Å². The Morgan fingerprint density at radius 1 is 1.41 bits per heavy atom. The van der Waals surface area contributed by atoms with Crippen molar-refractivity contribution in [2.24, 2.45) is 0 Å². The molecule has 1 saturated heterocycles. The van der Waals surface area contributed by atoms with Crippen LogP contribution in [0.5, 0.6) is 0 Å². The number of aryl methyl sites for hydroxylation is 1. The maximum absolute atomic E-state index is 13.3. The summed E-state index contributed by atoms with van der Waals surface area (Å²) in [7, 11) is 0. The molecule has 0 saturated carbocycles. The van der Waals surface area contributed by atoms with E-state index < -0.39 is 11.7 Å². The third-order valence-electron chi connectivity index (χ3n) is 3.80. The van der Waals surface area contributed by atoms with Crippen LogP contribution in [0.4, 0.5) is 13.2 Å². The fraction of sp³-hybridized carbons (Fsp3) is 0.533. The zero-order valence-corrected chi connectivity index (χ0v) is 12.5.